The minimum atomic E-state index is -0.564. The predicted molar refractivity (Wildman–Crippen MR) is 67.5 cm³/mol. The largest absolute Gasteiger partial charge is 0.508 e. The van der Waals surface area contributed by atoms with Crippen molar-refractivity contribution < 1.29 is 9.90 Å². The van der Waals surface area contributed by atoms with Crippen LogP contribution in [0.5, 0.6) is 5.75 Å². The van der Waals surface area contributed by atoms with E-state index in [1.807, 2.05) is 32.9 Å². The van der Waals surface area contributed by atoms with E-state index in [-0.39, 0.29) is 17.7 Å². The summed E-state index contributed by atoms with van der Waals surface area (Å²) in [6.45, 7) is 6.14. The van der Waals surface area contributed by atoms with Gasteiger partial charge in [-0.15, -0.1) is 0 Å². The van der Waals surface area contributed by atoms with Gasteiger partial charge in [0.05, 0.1) is 5.41 Å². The van der Waals surface area contributed by atoms with Crippen molar-refractivity contribution in [3.63, 3.8) is 0 Å². The summed E-state index contributed by atoms with van der Waals surface area (Å²) in [7, 11) is 0. The normalized spacial score (nSPS) is 13.4. The zero-order valence-electron chi connectivity index (χ0n) is 10.5. The molecule has 0 fully saturated rings. The van der Waals surface area contributed by atoms with Crippen molar-refractivity contribution in [1.82, 2.24) is 5.32 Å². The number of hydrogen-bond donors (Lipinski definition) is 3. The zero-order chi connectivity index (χ0) is 13.1. The van der Waals surface area contributed by atoms with Gasteiger partial charge in [-0.1, -0.05) is 12.1 Å². The van der Waals surface area contributed by atoms with Crippen LogP contribution in [0, 0.1) is 5.41 Å². The van der Waals surface area contributed by atoms with Crippen LogP contribution in [0.1, 0.15) is 32.4 Å². The standard InChI is InChI=1S/C13H20N2O2/c1-9(10-4-6-11(16)7-5-10)15-8-13(2,3)12(14)17/h4-7,9,15-16H,8H2,1-3H3,(H2,14,17). The van der Waals surface area contributed by atoms with Crippen LogP contribution in [0.4, 0.5) is 0 Å². The lowest BCUT2D eigenvalue weighted by Gasteiger charge is -2.24. The van der Waals surface area contributed by atoms with E-state index in [1.165, 1.54) is 0 Å². The Morgan fingerprint density at radius 3 is 2.41 bits per heavy atom. The lowest BCUT2D eigenvalue weighted by atomic mass is 9.92. The van der Waals surface area contributed by atoms with Gasteiger partial charge < -0.3 is 16.2 Å². The maximum atomic E-state index is 11.2. The van der Waals surface area contributed by atoms with Gasteiger partial charge in [0.25, 0.3) is 0 Å². The second-order valence-electron chi connectivity index (χ2n) is 4.94. The van der Waals surface area contributed by atoms with Crippen LogP contribution in [0.15, 0.2) is 24.3 Å². The van der Waals surface area contributed by atoms with Gasteiger partial charge in [-0.2, -0.15) is 0 Å². The molecule has 4 heteroatoms. The monoisotopic (exact) mass is 236 g/mol. The van der Waals surface area contributed by atoms with E-state index in [9.17, 15) is 9.90 Å². The Labute approximate surface area is 102 Å². The Bertz CT molecular complexity index is 385. The third kappa shape index (κ3) is 3.75. The maximum Gasteiger partial charge on any atom is 0.224 e. The summed E-state index contributed by atoms with van der Waals surface area (Å²) in [5, 5.41) is 12.4. The topological polar surface area (TPSA) is 75.3 Å². The highest BCUT2D eigenvalue weighted by molar-refractivity contribution is 5.80. The molecule has 0 aliphatic rings. The molecule has 0 aromatic heterocycles. The molecule has 1 aromatic carbocycles. The number of primary amides is 1. The molecule has 0 saturated heterocycles. The number of hydrogen-bond acceptors (Lipinski definition) is 3. The lowest BCUT2D eigenvalue weighted by Crippen LogP contribution is -2.41. The Hall–Kier alpha value is -1.55. The Morgan fingerprint density at radius 2 is 1.94 bits per heavy atom. The van der Waals surface area contributed by atoms with Crippen molar-refractivity contribution in [1.29, 1.82) is 0 Å². The van der Waals surface area contributed by atoms with Crippen molar-refractivity contribution in [2.24, 2.45) is 11.1 Å². The number of phenolic OH excluding ortho intramolecular Hbond substituents is 1. The van der Waals surface area contributed by atoms with Crippen LogP contribution < -0.4 is 11.1 Å². The highest BCUT2D eigenvalue weighted by Gasteiger charge is 2.25. The van der Waals surface area contributed by atoms with E-state index in [0.29, 0.717) is 6.54 Å². The van der Waals surface area contributed by atoms with Gasteiger partial charge >= 0.3 is 0 Å². The minimum Gasteiger partial charge on any atom is -0.508 e. The third-order valence-corrected chi connectivity index (χ3v) is 2.91. The summed E-state index contributed by atoms with van der Waals surface area (Å²) in [6, 6.07) is 7.10. The first-order chi connectivity index (χ1) is 7.83. The summed E-state index contributed by atoms with van der Waals surface area (Å²) >= 11 is 0. The molecule has 4 N–H and O–H groups in total. The van der Waals surface area contributed by atoms with Crippen molar-refractivity contribution in [2.45, 2.75) is 26.8 Å². The van der Waals surface area contributed by atoms with E-state index < -0.39 is 5.41 Å². The van der Waals surface area contributed by atoms with Crippen LogP contribution in [-0.2, 0) is 4.79 Å². The number of benzene rings is 1. The number of carbonyl (C=O) groups is 1. The molecule has 1 aromatic rings. The molecular formula is C13H20N2O2. The summed E-state index contributed by atoms with van der Waals surface area (Å²) in [6.07, 6.45) is 0. The van der Waals surface area contributed by atoms with Crippen LogP contribution in [0.2, 0.25) is 0 Å². The maximum absolute atomic E-state index is 11.2. The van der Waals surface area contributed by atoms with E-state index >= 15 is 0 Å². The van der Waals surface area contributed by atoms with Crippen molar-refractivity contribution in [2.75, 3.05) is 6.54 Å². The molecule has 0 aliphatic carbocycles. The van der Waals surface area contributed by atoms with Gasteiger partial charge in [-0.05, 0) is 38.5 Å². The highest BCUT2D eigenvalue weighted by atomic mass is 16.3. The number of aromatic hydroxyl groups is 1. The first kappa shape index (κ1) is 13.5. The van der Waals surface area contributed by atoms with Crippen molar-refractivity contribution >= 4 is 5.91 Å². The number of phenols is 1. The molecule has 1 rings (SSSR count). The van der Waals surface area contributed by atoms with Gasteiger partial charge in [0, 0.05) is 12.6 Å². The summed E-state index contributed by atoms with van der Waals surface area (Å²) in [5.41, 5.74) is 5.80. The van der Waals surface area contributed by atoms with Gasteiger partial charge in [0.1, 0.15) is 5.75 Å². The predicted octanol–water partition coefficient (Wildman–Crippen LogP) is 1.55. The molecule has 0 aliphatic heterocycles. The Morgan fingerprint density at radius 1 is 1.41 bits per heavy atom. The fourth-order valence-corrected chi connectivity index (χ4v) is 1.38. The summed E-state index contributed by atoms with van der Waals surface area (Å²) < 4.78 is 0. The SMILES string of the molecule is CC(NCC(C)(C)C(N)=O)c1ccc(O)cc1. The van der Waals surface area contributed by atoms with Crippen LogP contribution in [0.3, 0.4) is 0 Å². The lowest BCUT2D eigenvalue weighted by molar-refractivity contribution is -0.125. The molecule has 4 nitrogen and oxygen atoms in total. The zero-order valence-corrected chi connectivity index (χ0v) is 10.5. The molecule has 0 radical (unpaired) electrons. The fourth-order valence-electron chi connectivity index (χ4n) is 1.38. The highest BCUT2D eigenvalue weighted by Crippen LogP contribution is 2.19. The second kappa shape index (κ2) is 5.19. The first-order valence-electron chi connectivity index (χ1n) is 5.65. The van der Waals surface area contributed by atoms with Gasteiger partial charge in [-0.3, -0.25) is 4.79 Å². The molecule has 94 valence electrons. The molecule has 0 saturated carbocycles. The van der Waals surface area contributed by atoms with Crippen LogP contribution >= 0.6 is 0 Å². The number of carbonyl (C=O) groups excluding carboxylic acids is 1. The smallest absolute Gasteiger partial charge is 0.224 e. The number of nitrogens with two attached hydrogens (primary N) is 1. The fraction of sp³-hybridized carbons (Fsp3) is 0.462. The second-order valence-corrected chi connectivity index (χ2v) is 4.94. The Kier molecular flexibility index (Phi) is 4.12. The van der Waals surface area contributed by atoms with Crippen LogP contribution in [0.25, 0.3) is 0 Å². The number of amides is 1. The molecule has 1 unspecified atom stereocenters. The molecule has 0 heterocycles. The van der Waals surface area contributed by atoms with E-state index in [1.54, 1.807) is 12.1 Å². The van der Waals surface area contributed by atoms with Crippen LogP contribution in [-0.4, -0.2) is 17.6 Å². The van der Waals surface area contributed by atoms with E-state index in [4.69, 9.17) is 5.73 Å². The molecular weight excluding hydrogens is 216 g/mol. The minimum absolute atomic E-state index is 0.106. The quantitative estimate of drug-likeness (QED) is 0.726. The summed E-state index contributed by atoms with van der Waals surface area (Å²) in [4.78, 5) is 11.2. The van der Waals surface area contributed by atoms with Gasteiger partial charge in [0.15, 0.2) is 0 Å². The third-order valence-electron chi connectivity index (χ3n) is 2.91. The van der Waals surface area contributed by atoms with Gasteiger partial charge in [-0.25, -0.2) is 0 Å². The van der Waals surface area contributed by atoms with E-state index in [2.05, 4.69) is 5.32 Å². The average Bonchev–Trinajstić information content (AvgIpc) is 2.27. The molecule has 0 bridgehead atoms. The number of nitrogens with one attached hydrogen (secondary N) is 1. The molecule has 0 spiro atoms. The number of rotatable bonds is 5. The van der Waals surface area contributed by atoms with Crippen molar-refractivity contribution in [3.8, 4) is 5.75 Å². The molecule has 1 atom stereocenters. The summed E-state index contributed by atoms with van der Waals surface area (Å²) in [5.74, 6) is -0.0682. The average molecular weight is 236 g/mol. The van der Waals surface area contributed by atoms with Gasteiger partial charge in [0.2, 0.25) is 5.91 Å². The van der Waals surface area contributed by atoms with Crippen molar-refractivity contribution in [3.05, 3.63) is 29.8 Å². The molecule has 1 amide bonds. The Balaban J connectivity index is 2.58. The first-order valence-corrected chi connectivity index (χ1v) is 5.65. The van der Waals surface area contributed by atoms with E-state index in [0.717, 1.165) is 5.56 Å². The molecule has 17 heavy (non-hydrogen) atoms.